The number of aromatic amines is 1. The Labute approximate surface area is 150 Å². The summed E-state index contributed by atoms with van der Waals surface area (Å²) < 4.78 is 6.87. The van der Waals surface area contributed by atoms with Crippen LogP contribution in [0.5, 0.6) is 0 Å². The van der Waals surface area contributed by atoms with Crippen LogP contribution in [-0.2, 0) is 4.74 Å². The number of carbonyl (C=O) groups is 1. The van der Waals surface area contributed by atoms with Crippen LogP contribution in [-0.4, -0.2) is 44.2 Å². The summed E-state index contributed by atoms with van der Waals surface area (Å²) in [4.78, 5) is 45.3. The molecule has 0 bridgehead atoms. The number of H-pyrrole nitrogens is 1. The molecule has 0 atom stereocenters. The fourth-order valence-electron chi connectivity index (χ4n) is 3.20. The molecule has 1 saturated heterocycles. The van der Waals surface area contributed by atoms with Crippen molar-refractivity contribution in [3.8, 4) is 0 Å². The molecular weight excluding hydrogens is 336 g/mol. The minimum atomic E-state index is -0.653. The summed E-state index contributed by atoms with van der Waals surface area (Å²) in [5.41, 5.74) is 0.109. The number of pyridine rings is 1. The number of fused-ring (bicyclic) bond motifs is 1. The summed E-state index contributed by atoms with van der Waals surface area (Å²) in [7, 11) is 0. The summed E-state index contributed by atoms with van der Waals surface area (Å²) in [6.07, 6.45) is 2.44. The van der Waals surface area contributed by atoms with Crippen LogP contribution in [0.2, 0.25) is 0 Å². The number of piperidine rings is 1. The molecule has 8 heteroatoms. The third kappa shape index (κ3) is 3.63. The average molecular weight is 360 g/mol. The van der Waals surface area contributed by atoms with Gasteiger partial charge in [0.1, 0.15) is 5.60 Å². The molecule has 0 saturated carbocycles. The highest BCUT2D eigenvalue weighted by Crippen LogP contribution is 2.24. The second-order valence-corrected chi connectivity index (χ2v) is 7.71. The van der Waals surface area contributed by atoms with E-state index in [2.05, 4.69) is 9.97 Å². The van der Waals surface area contributed by atoms with Crippen LogP contribution >= 0.6 is 0 Å². The number of rotatable bonds is 1. The summed E-state index contributed by atoms with van der Waals surface area (Å²) in [6.45, 7) is 8.28. The van der Waals surface area contributed by atoms with E-state index in [1.165, 1.54) is 4.57 Å². The van der Waals surface area contributed by atoms with E-state index in [9.17, 15) is 14.4 Å². The predicted molar refractivity (Wildman–Crippen MR) is 97.4 cm³/mol. The number of aryl methyl sites for hydroxylation is 1. The molecule has 0 radical (unpaired) electrons. The molecule has 8 nitrogen and oxygen atoms in total. The molecule has 3 heterocycles. The van der Waals surface area contributed by atoms with Crippen molar-refractivity contribution in [3.63, 3.8) is 0 Å². The number of amides is 1. The molecule has 1 aliphatic rings. The van der Waals surface area contributed by atoms with E-state index in [1.54, 1.807) is 17.2 Å². The van der Waals surface area contributed by atoms with Crippen LogP contribution in [0, 0.1) is 6.92 Å². The van der Waals surface area contributed by atoms with E-state index in [0.717, 1.165) is 5.56 Å². The van der Waals surface area contributed by atoms with Crippen LogP contribution in [0.25, 0.3) is 11.2 Å². The Balaban J connectivity index is 1.86. The number of carbonyl (C=O) groups excluding carboxylic acids is 1. The number of hydrogen-bond acceptors (Lipinski definition) is 5. The van der Waals surface area contributed by atoms with Crippen molar-refractivity contribution >= 4 is 17.3 Å². The topological polar surface area (TPSA) is 97.3 Å². The molecule has 2 aromatic rings. The van der Waals surface area contributed by atoms with Crippen LogP contribution in [0.1, 0.15) is 45.2 Å². The Hall–Kier alpha value is -2.64. The van der Waals surface area contributed by atoms with E-state index in [-0.39, 0.29) is 12.1 Å². The van der Waals surface area contributed by atoms with Gasteiger partial charge in [0.15, 0.2) is 5.65 Å². The van der Waals surface area contributed by atoms with Gasteiger partial charge >= 0.3 is 17.2 Å². The lowest BCUT2D eigenvalue weighted by molar-refractivity contribution is 0.0188. The van der Waals surface area contributed by atoms with Crippen molar-refractivity contribution in [2.75, 3.05) is 13.1 Å². The van der Waals surface area contributed by atoms with Crippen molar-refractivity contribution in [1.82, 2.24) is 19.4 Å². The monoisotopic (exact) mass is 360 g/mol. The molecule has 3 rings (SSSR count). The fourth-order valence-corrected chi connectivity index (χ4v) is 3.20. The van der Waals surface area contributed by atoms with Gasteiger partial charge < -0.3 is 14.6 Å². The second-order valence-electron chi connectivity index (χ2n) is 7.71. The van der Waals surface area contributed by atoms with E-state index in [1.807, 2.05) is 27.7 Å². The van der Waals surface area contributed by atoms with E-state index >= 15 is 0 Å². The summed E-state index contributed by atoms with van der Waals surface area (Å²) >= 11 is 0. The van der Waals surface area contributed by atoms with Gasteiger partial charge in [0.05, 0.1) is 5.52 Å². The number of aromatic nitrogens is 3. The Morgan fingerprint density at radius 3 is 2.54 bits per heavy atom. The standard InChI is InChI=1S/C18H24N4O4/c1-11-9-13-14(19-10-11)22(16(24)15(23)20-13)12-5-7-21(8-6-12)17(25)26-18(2,3)4/h9-10,12H,5-8H2,1-4H3,(H,20,23). The molecule has 0 aliphatic carbocycles. The van der Waals surface area contributed by atoms with Gasteiger partial charge in [-0.05, 0) is 52.2 Å². The van der Waals surface area contributed by atoms with Crippen LogP contribution in [0.3, 0.4) is 0 Å². The highest BCUT2D eigenvalue weighted by atomic mass is 16.6. The van der Waals surface area contributed by atoms with Crippen molar-refractivity contribution in [1.29, 1.82) is 0 Å². The Morgan fingerprint density at radius 2 is 1.92 bits per heavy atom. The smallest absolute Gasteiger partial charge is 0.410 e. The summed E-state index contributed by atoms with van der Waals surface area (Å²) in [6, 6.07) is 1.62. The zero-order valence-corrected chi connectivity index (χ0v) is 15.5. The number of nitrogens with zero attached hydrogens (tertiary/aromatic N) is 3. The van der Waals surface area contributed by atoms with Gasteiger partial charge in [0.2, 0.25) is 0 Å². The number of hydrogen-bond donors (Lipinski definition) is 1. The lowest BCUT2D eigenvalue weighted by Crippen LogP contribution is -2.45. The van der Waals surface area contributed by atoms with Gasteiger partial charge in [0.25, 0.3) is 0 Å². The number of nitrogens with one attached hydrogen (secondary N) is 1. The molecule has 0 spiro atoms. The zero-order valence-electron chi connectivity index (χ0n) is 15.5. The van der Waals surface area contributed by atoms with Crippen molar-refractivity contribution < 1.29 is 9.53 Å². The molecule has 1 aliphatic heterocycles. The van der Waals surface area contributed by atoms with Gasteiger partial charge in [0, 0.05) is 25.3 Å². The zero-order chi connectivity index (χ0) is 19.1. The van der Waals surface area contributed by atoms with E-state index in [4.69, 9.17) is 4.74 Å². The van der Waals surface area contributed by atoms with Gasteiger partial charge in [-0.1, -0.05) is 0 Å². The molecular formula is C18H24N4O4. The highest BCUT2D eigenvalue weighted by Gasteiger charge is 2.29. The first-order valence-corrected chi connectivity index (χ1v) is 8.75. The maximum absolute atomic E-state index is 12.4. The SMILES string of the molecule is Cc1cnc2c(c1)[nH]c(=O)c(=O)n2C1CCN(C(=O)OC(C)(C)C)CC1. The summed E-state index contributed by atoms with van der Waals surface area (Å²) in [5, 5.41) is 0. The second kappa shape index (κ2) is 6.59. The third-order valence-electron chi connectivity index (χ3n) is 4.37. The van der Waals surface area contributed by atoms with Crippen LogP contribution < -0.4 is 11.1 Å². The maximum Gasteiger partial charge on any atom is 0.410 e. The number of ether oxygens (including phenoxy) is 1. The predicted octanol–water partition coefficient (Wildman–Crippen LogP) is 1.97. The largest absolute Gasteiger partial charge is 0.444 e. The lowest BCUT2D eigenvalue weighted by atomic mass is 10.0. The quantitative estimate of drug-likeness (QED) is 0.784. The third-order valence-corrected chi connectivity index (χ3v) is 4.37. The normalized spacial score (nSPS) is 16.1. The van der Waals surface area contributed by atoms with Crippen molar-refractivity contribution in [2.24, 2.45) is 0 Å². The van der Waals surface area contributed by atoms with Gasteiger partial charge in [-0.25, -0.2) is 9.78 Å². The minimum absolute atomic E-state index is 0.179. The van der Waals surface area contributed by atoms with Gasteiger partial charge in [-0.15, -0.1) is 0 Å². The summed E-state index contributed by atoms with van der Waals surface area (Å²) in [5.74, 6) is 0. The van der Waals surface area contributed by atoms with Crippen LogP contribution in [0.15, 0.2) is 21.9 Å². The molecule has 1 amide bonds. The first kappa shape index (κ1) is 18.2. The van der Waals surface area contributed by atoms with Gasteiger partial charge in [-0.3, -0.25) is 14.2 Å². The Kier molecular flexibility index (Phi) is 4.60. The molecule has 0 unspecified atom stereocenters. The molecule has 26 heavy (non-hydrogen) atoms. The highest BCUT2D eigenvalue weighted by molar-refractivity contribution is 5.70. The number of likely N-dealkylation sites (tertiary alicyclic amines) is 1. The first-order valence-electron chi connectivity index (χ1n) is 8.75. The van der Waals surface area contributed by atoms with Gasteiger partial charge in [-0.2, -0.15) is 0 Å². The Bertz CT molecular complexity index is 946. The van der Waals surface area contributed by atoms with Crippen LogP contribution in [0.4, 0.5) is 4.79 Å². The van der Waals surface area contributed by atoms with Crippen molar-refractivity contribution in [2.45, 2.75) is 52.2 Å². The average Bonchev–Trinajstić information content (AvgIpc) is 2.55. The van der Waals surface area contributed by atoms with Crippen molar-refractivity contribution in [3.05, 3.63) is 38.5 Å². The fraction of sp³-hybridized carbons (Fsp3) is 0.556. The first-order chi connectivity index (χ1) is 12.2. The molecule has 2 aromatic heterocycles. The van der Waals surface area contributed by atoms with E-state index < -0.39 is 16.7 Å². The minimum Gasteiger partial charge on any atom is -0.444 e. The molecule has 0 aromatic carbocycles. The maximum atomic E-state index is 12.4. The Morgan fingerprint density at radius 1 is 1.27 bits per heavy atom. The molecule has 140 valence electrons. The molecule has 1 N–H and O–H groups in total. The molecule has 1 fully saturated rings. The lowest BCUT2D eigenvalue weighted by Gasteiger charge is -2.34. The van der Waals surface area contributed by atoms with E-state index in [0.29, 0.717) is 37.1 Å².